The van der Waals surface area contributed by atoms with Gasteiger partial charge in [-0.2, -0.15) is 0 Å². The van der Waals surface area contributed by atoms with Crippen molar-refractivity contribution in [1.82, 2.24) is 9.88 Å². The van der Waals surface area contributed by atoms with Crippen LogP contribution in [0.15, 0.2) is 87.2 Å². The van der Waals surface area contributed by atoms with Crippen molar-refractivity contribution in [3.05, 3.63) is 93.8 Å². The zero-order chi connectivity index (χ0) is 35.6. The van der Waals surface area contributed by atoms with Gasteiger partial charge in [-0.05, 0) is 85.1 Å². The van der Waals surface area contributed by atoms with Crippen molar-refractivity contribution in [1.29, 1.82) is 0 Å². The van der Waals surface area contributed by atoms with Crippen LogP contribution < -0.4 is 19.6 Å². The Kier molecular flexibility index (Phi) is 10.1. The normalized spacial score (nSPS) is 18.1. The second-order valence-electron chi connectivity index (χ2n) is 12.7. The van der Waals surface area contributed by atoms with Gasteiger partial charge in [-0.1, -0.05) is 32.9 Å². The van der Waals surface area contributed by atoms with E-state index in [1.54, 1.807) is 49.6 Å². The molecule has 3 aliphatic heterocycles. The van der Waals surface area contributed by atoms with Crippen molar-refractivity contribution in [2.45, 2.75) is 71.0 Å². The van der Waals surface area contributed by atoms with Gasteiger partial charge in [0.2, 0.25) is 5.91 Å². The minimum absolute atomic E-state index is 0.0351. The van der Waals surface area contributed by atoms with Crippen LogP contribution in [0.2, 0.25) is 18.1 Å². The summed E-state index contributed by atoms with van der Waals surface area (Å²) in [6.07, 6.45) is 3.69. The molecule has 0 radical (unpaired) electrons. The summed E-state index contributed by atoms with van der Waals surface area (Å²) in [4.78, 5) is 43.2. The van der Waals surface area contributed by atoms with Gasteiger partial charge in [-0.15, -0.1) is 0 Å². The molecule has 2 aromatic rings. The zero-order valence-corrected chi connectivity index (χ0v) is 29.9. The van der Waals surface area contributed by atoms with E-state index in [1.807, 2.05) is 19.1 Å². The van der Waals surface area contributed by atoms with Crippen LogP contribution >= 0.6 is 0 Å². The molecule has 3 heterocycles. The lowest BCUT2D eigenvalue weighted by Gasteiger charge is -2.47. The van der Waals surface area contributed by atoms with Gasteiger partial charge in [0.05, 0.1) is 25.2 Å². The van der Waals surface area contributed by atoms with Gasteiger partial charge < -0.3 is 33.1 Å². The molecule has 1 N–H and O–H groups in total. The van der Waals surface area contributed by atoms with Gasteiger partial charge in [-0.25, -0.2) is 9.78 Å². The van der Waals surface area contributed by atoms with E-state index in [-0.39, 0.29) is 48.3 Å². The average molecular weight is 699 g/mol. The Hall–Kier alpha value is -4.94. The highest BCUT2D eigenvalue weighted by Crippen LogP contribution is 2.45. The minimum atomic E-state index is -1.93. The van der Waals surface area contributed by atoms with Gasteiger partial charge in [-0.3, -0.25) is 9.59 Å². The second kappa shape index (κ2) is 14.5. The number of β-lactam (4-membered cyclic amide) rings is 1. The Morgan fingerprint density at radius 2 is 1.82 bits per heavy atom. The van der Waals surface area contributed by atoms with Crippen molar-refractivity contribution in [3.63, 3.8) is 0 Å². The Bertz CT molecular complexity index is 1990. The van der Waals surface area contributed by atoms with Crippen LogP contribution in [0.5, 0.6) is 17.2 Å². The molecule has 4 aliphatic rings. The molecule has 0 unspecified atom stereocenters. The van der Waals surface area contributed by atoms with Crippen LogP contribution in [0, 0.1) is 5.92 Å². The number of carboxylic acids is 1. The molecule has 2 aromatic carbocycles. The van der Waals surface area contributed by atoms with Crippen LogP contribution in [-0.2, 0) is 20.6 Å². The number of aromatic nitrogens is 1. The Morgan fingerprint density at radius 3 is 2.54 bits per heavy atom. The van der Waals surface area contributed by atoms with Crippen LogP contribution in [0.25, 0.3) is 22.6 Å². The molecule has 12 heteroatoms. The first kappa shape index (κ1) is 34.9. The molecular weight excluding hydrogens is 657 g/mol. The lowest BCUT2D eigenvalue weighted by molar-refractivity contribution is -0.160. The second-order valence-corrected chi connectivity index (χ2v) is 17.4. The maximum atomic E-state index is 13.2. The number of hydrogen-bond acceptors (Lipinski definition) is 9. The van der Waals surface area contributed by atoms with E-state index in [0.29, 0.717) is 51.8 Å². The fourth-order valence-corrected chi connectivity index (χ4v) is 9.93. The number of hydrogen-bond donors (Lipinski definition) is 1. The Morgan fingerprint density at radius 1 is 1.04 bits per heavy atom. The number of fused-ring (bicyclic) bond motifs is 3. The maximum absolute atomic E-state index is 13.2. The first-order valence-electron chi connectivity index (χ1n) is 17.0. The van der Waals surface area contributed by atoms with Crippen molar-refractivity contribution < 1.29 is 37.7 Å². The molecule has 1 aliphatic carbocycles. The van der Waals surface area contributed by atoms with E-state index in [2.05, 4.69) is 25.8 Å². The lowest BCUT2D eigenvalue weighted by Crippen LogP contribution is -2.63. The molecule has 6 rings (SSSR count). The third-order valence-electron chi connectivity index (χ3n) is 9.93. The SMILES string of the molecule is CC[Si](CC)(CC)O[C@H](C)[C@H]1C(=O)N2C(C(=O)O)=C(/C=C/COc3ccc(COc4ccc5nc6ccc(=O)cc-6oc5c4)cc3OC)C[C@H]12. The highest BCUT2D eigenvalue weighted by atomic mass is 28.4. The first-order valence-corrected chi connectivity index (χ1v) is 19.5. The smallest absolute Gasteiger partial charge is 0.352 e. The Balaban J connectivity index is 1.07. The summed E-state index contributed by atoms with van der Waals surface area (Å²) in [5.41, 5.74) is 3.07. The van der Waals surface area contributed by atoms with E-state index in [9.17, 15) is 19.5 Å². The lowest BCUT2D eigenvalue weighted by atomic mass is 9.83. The number of ether oxygens (including phenoxy) is 3. The van der Waals surface area contributed by atoms with Crippen molar-refractivity contribution in [2.75, 3.05) is 13.7 Å². The van der Waals surface area contributed by atoms with Crippen molar-refractivity contribution in [3.8, 4) is 28.7 Å². The number of carboxylic acid groups (broad SMARTS) is 1. The monoisotopic (exact) mass is 698 g/mol. The third-order valence-corrected chi connectivity index (χ3v) is 14.7. The molecule has 1 amide bonds. The summed E-state index contributed by atoms with van der Waals surface area (Å²) < 4.78 is 30.0. The fourth-order valence-electron chi connectivity index (χ4n) is 7.00. The fraction of sp³-hybridized carbons (Fsp3) is 0.368. The van der Waals surface area contributed by atoms with Gasteiger partial charge in [0.25, 0.3) is 0 Å². The van der Waals surface area contributed by atoms with Crippen molar-refractivity contribution in [2.24, 2.45) is 5.92 Å². The largest absolute Gasteiger partial charge is 0.493 e. The highest BCUT2D eigenvalue weighted by Gasteiger charge is 2.57. The number of amides is 1. The molecule has 0 aromatic heterocycles. The van der Waals surface area contributed by atoms with E-state index >= 15 is 0 Å². The highest BCUT2D eigenvalue weighted by molar-refractivity contribution is 6.73. The summed E-state index contributed by atoms with van der Waals surface area (Å²) in [5.74, 6) is 0.364. The summed E-state index contributed by atoms with van der Waals surface area (Å²) in [7, 11) is -0.373. The van der Waals surface area contributed by atoms with Gasteiger partial charge in [0.1, 0.15) is 35.9 Å². The molecule has 0 bridgehead atoms. The molecule has 0 spiro atoms. The molecular formula is C38H42N2O9Si. The number of aliphatic carboxylic acids is 1. The number of carbonyl (C=O) groups excluding carboxylic acids is 1. The predicted molar refractivity (Wildman–Crippen MR) is 190 cm³/mol. The summed E-state index contributed by atoms with van der Waals surface area (Å²) in [5, 5.41) is 10.0. The molecule has 3 atom stereocenters. The molecule has 1 saturated heterocycles. The van der Waals surface area contributed by atoms with Gasteiger partial charge in [0.15, 0.2) is 36.6 Å². The van der Waals surface area contributed by atoms with Crippen molar-refractivity contribution >= 4 is 31.3 Å². The summed E-state index contributed by atoms with van der Waals surface area (Å²) in [6, 6.07) is 18.1. The van der Waals surface area contributed by atoms with Gasteiger partial charge in [0, 0.05) is 12.1 Å². The number of nitrogens with zero attached hydrogens (tertiary/aromatic N) is 2. The molecule has 50 heavy (non-hydrogen) atoms. The molecule has 262 valence electrons. The molecule has 11 nitrogen and oxygen atoms in total. The number of methoxy groups -OCH3 is 1. The zero-order valence-electron chi connectivity index (χ0n) is 28.9. The third kappa shape index (κ3) is 6.77. The van der Waals surface area contributed by atoms with Crippen LogP contribution in [0.4, 0.5) is 0 Å². The van der Waals surface area contributed by atoms with E-state index in [0.717, 1.165) is 23.7 Å². The Labute approximate surface area is 291 Å². The minimum Gasteiger partial charge on any atom is -0.493 e. The summed E-state index contributed by atoms with van der Waals surface area (Å²) in [6.45, 7) is 8.84. The van der Waals surface area contributed by atoms with Crippen LogP contribution in [0.1, 0.15) is 39.7 Å². The van der Waals surface area contributed by atoms with E-state index in [1.165, 1.54) is 17.0 Å². The van der Waals surface area contributed by atoms with E-state index in [4.69, 9.17) is 23.1 Å². The first-order chi connectivity index (χ1) is 24.1. The van der Waals surface area contributed by atoms with Crippen LogP contribution in [-0.4, -0.2) is 61.0 Å². The predicted octanol–water partition coefficient (Wildman–Crippen LogP) is 6.80. The number of allylic oxidation sites excluding steroid dienone is 1. The summed E-state index contributed by atoms with van der Waals surface area (Å²) >= 11 is 0. The van der Waals surface area contributed by atoms with Crippen LogP contribution in [0.3, 0.4) is 0 Å². The standard InChI is InChI=1S/C38H42N2O9Si/c1-6-50(7-2,8-3)49-23(4)35-30-19-25(36(38(43)44)40(30)37(35)42)10-9-17-46-31-16-11-24(18-34(31)45-5)22-47-27-13-15-29-33(21-27)48-32-20-26(41)12-14-28(32)39-29/h9-16,18,20-21,23,30,35H,6-8,17,19,22H2,1-5H3,(H,43,44)/b10-9+/t23-,30-,35-/m1/s1. The number of benzene rings is 3. The average Bonchev–Trinajstić information content (AvgIpc) is 3.45. The molecule has 1 fully saturated rings. The van der Waals surface area contributed by atoms with E-state index < -0.39 is 14.3 Å². The number of carbonyl (C=O) groups is 2. The quantitative estimate of drug-likeness (QED) is 0.0802. The topological polar surface area (TPSA) is 138 Å². The number of rotatable bonds is 15. The maximum Gasteiger partial charge on any atom is 0.352 e. The molecule has 0 saturated carbocycles. The van der Waals surface area contributed by atoms with Gasteiger partial charge >= 0.3 is 5.97 Å².